The van der Waals surface area contributed by atoms with E-state index in [9.17, 15) is 10.2 Å². The second kappa shape index (κ2) is 12.9. The summed E-state index contributed by atoms with van der Waals surface area (Å²) in [6, 6.07) is 14.9. The summed E-state index contributed by atoms with van der Waals surface area (Å²) in [6.45, 7) is 8.91. The van der Waals surface area contributed by atoms with Crippen molar-refractivity contribution < 1.29 is 10.2 Å². The third-order valence-electron chi connectivity index (χ3n) is 6.87. The van der Waals surface area contributed by atoms with Crippen LogP contribution in [-0.4, -0.2) is 47.3 Å². The van der Waals surface area contributed by atoms with Crippen molar-refractivity contribution in [2.45, 2.75) is 77.2 Å². The van der Waals surface area contributed by atoms with Crippen molar-refractivity contribution in [3.8, 4) is 11.5 Å². The third kappa shape index (κ3) is 6.98. The molecule has 4 nitrogen and oxygen atoms in total. The first-order valence-corrected chi connectivity index (χ1v) is 12.6. The zero-order valence-electron chi connectivity index (χ0n) is 20.0. The molecule has 1 unspecified atom stereocenters. The molecule has 0 saturated heterocycles. The van der Waals surface area contributed by atoms with Crippen molar-refractivity contribution in [1.82, 2.24) is 10.2 Å². The molecule has 0 spiro atoms. The van der Waals surface area contributed by atoms with Crippen LogP contribution in [0.5, 0.6) is 11.5 Å². The number of unbranched alkanes of at least 4 members (excludes halogenated alkanes) is 3. The largest absolute Gasteiger partial charge is 0.504 e. The van der Waals surface area contributed by atoms with Crippen molar-refractivity contribution in [3.05, 3.63) is 59.2 Å². The Labute approximate surface area is 194 Å². The maximum absolute atomic E-state index is 10.3. The lowest BCUT2D eigenvalue weighted by Crippen LogP contribution is -2.41. The van der Waals surface area contributed by atoms with Gasteiger partial charge in [0.1, 0.15) is 0 Å². The summed E-state index contributed by atoms with van der Waals surface area (Å²) in [5.74, 6) is 0.374. The average molecular weight is 439 g/mol. The number of fused-ring (bicyclic) bond motifs is 1. The molecule has 2 aromatic carbocycles. The summed E-state index contributed by atoms with van der Waals surface area (Å²) in [4.78, 5) is 2.67. The summed E-state index contributed by atoms with van der Waals surface area (Å²) in [7, 11) is 0. The van der Waals surface area contributed by atoms with Crippen LogP contribution >= 0.6 is 0 Å². The fraction of sp³-hybridized carbons (Fsp3) is 0.571. The number of phenolic OH excluding ortho intramolecular Hbond substituents is 2. The molecular formula is C28H42N2O2. The number of phenols is 2. The zero-order chi connectivity index (χ0) is 22.8. The number of nitrogens with one attached hydrogen (secondary N) is 1. The van der Waals surface area contributed by atoms with E-state index in [2.05, 4.69) is 54.4 Å². The van der Waals surface area contributed by atoms with Gasteiger partial charge >= 0.3 is 0 Å². The molecule has 2 atom stereocenters. The van der Waals surface area contributed by atoms with E-state index < -0.39 is 0 Å². The van der Waals surface area contributed by atoms with Crippen LogP contribution in [0.2, 0.25) is 0 Å². The number of aromatic hydroxyl groups is 2. The maximum atomic E-state index is 10.3. The van der Waals surface area contributed by atoms with Gasteiger partial charge in [0.2, 0.25) is 0 Å². The lowest BCUT2D eigenvalue weighted by molar-refractivity contribution is 0.167. The summed E-state index contributed by atoms with van der Waals surface area (Å²) < 4.78 is 0. The Morgan fingerprint density at radius 3 is 2.50 bits per heavy atom. The number of nitrogens with zero attached hydrogens (tertiary/aromatic N) is 1. The molecule has 176 valence electrons. The third-order valence-corrected chi connectivity index (χ3v) is 6.87. The molecule has 0 amide bonds. The van der Waals surface area contributed by atoms with Gasteiger partial charge in [0.15, 0.2) is 11.5 Å². The SMILES string of the molecule is CCCN(CCCCCCNCCc1ccccc1)[C@@H]1Cc2ccc(O)c(O)c2C(C)C1. The Balaban J connectivity index is 1.35. The molecule has 0 bridgehead atoms. The Morgan fingerprint density at radius 2 is 1.72 bits per heavy atom. The molecule has 0 heterocycles. The Kier molecular flexibility index (Phi) is 9.89. The molecule has 0 saturated carbocycles. The highest BCUT2D eigenvalue weighted by atomic mass is 16.3. The zero-order valence-corrected chi connectivity index (χ0v) is 20.0. The van der Waals surface area contributed by atoms with Gasteiger partial charge in [0.05, 0.1) is 0 Å². The Morgan fingerprint density at radius 1 is 0.938 bits per heavy atom. The van der Waals surface area contributed by atoms with Crippen LogP contribution < -0.4 is 5.32 Å². The van der Waals surface area contributed by atoms with E-state index in [4.69, 9.17) is 0 Å². The minimum Gasteiger partial charge on any atom is -0.504 e. The predicted molar refractivity (Wildman–Crippen MR) is 134 cm³/mol. The molecule has 0 aliphatic heterocycles. The van der Waals surface area contributed by atoms with Crippen LogP contribution in [0.1, 0.15) is 75.0 Å². The maximum Gasteiger partial charge on any atom is 0.161 e. The molecule has 0 aromatic heterocycles. The number of rotatable bonds is 13. The van der Waals surface area contributed by atoms with Gasteiger partial charge in [0.25, 0.3) is 0 Å². The second-order valence-corrected chi connectivity index (χ2v) is 9.44. The monoisotopic (exact) mass is 438 g/mol. The lowest BCUT2D eigenvalue weighted by atomic mass is 9.79. The Bertz CT molecular complexity index is 809. The van der Waals surface area contributed by atoms with E-state index in [0.29, 0.717) is 6.04 Å². The number of benzene rings is 2. The van der Waals surface area contributed by atoms with Crippen LogP contribution in [0.25, 0.3) is 0 Å². The molecule has 1 aliphatic rings. The minimum absolute atomic E-state index is 0.00835. The van der Waals surface area contributed by atoms with E-state index in [1.54, 1.807) is 6.07 Å². The summed E-state index contributed by atoms with van der Waals surface area (Å²) in [5, 5.41) is 23.8. The van der Waals surface area contributed by atoms with Crippen molar-refractivity contribution >= 4 is 0 Å². The summed E-state index contributed by atoms with van der Waals surface area (Å²) in [6.07, 6.45) is 9.37. The average Bonchev–Trinajstić information content (AvgIpc) is 2.80. The summed E-state index contributed by atoms with van der Waals surface area (Å²) >= 11 is 0. The molecule has 1 aliphatic carbocycles. The molecule has 3 N–H and O–H groups in total. The minimum atomic E-state index is 0.00835. The smallest absolute Gasteiger partial charge is 0.161 e. The van der Waals surface area contributed by atoms with Crippen molar-refractivity contribution in [2.75, 3.05) is 26.2 Å². The lowest BCUT2D eigenvalue weighted by Gasteiger charge is -2.38. The van der Waals surface area contributed by atoms with Crippen LogP contribution in [0.4, 0.5) is 0 Å². The van der Waals surface area contributed by atoms with Crippen LogP contribution in [0.3, 0.4) is 0 Å². The summed E-state index contributed by atoms with van der Waals surface area (Å²) in [5.41, 5.74) is 3.56. The van der Waals surface area contributed by atoms with Crippen LogP contribution in [-0.2, 0) is 12.8 Å². The molecular weight excluding hydrogens is 396 g/mol. The molecule has 0 radical (unpaired) electrons. The van der Waals surface area contributed by atoms with E-state index in [0.717, 1.165) is 51.0 Å². The second-order valence-electron chi connectivity index (χ2n) is 9.44. The van der Waals surface area contributed by atoms with Gasteiger partial charge in [-0.2, -0.15) is 0 Å². The number of hydrogen-bond donors (Lipinski definition) is 3. The van der Waals surface area contributed by atoms with E-state index in [1.807, 2.05) is 6.07 Å². The first-order chi connectivity index (χ1) is 15.6. The van der Waals surface area contributed by atoms with Gasteiger partial charge in [0, 0.05) is 11.6 Å². The van der Waals surface area contributed by atoms with Gasteiger partial charge in [-0.15, -0.1) is 0 Å². The van der Waals surface area contributed by atoms with Gasteiger partial charge in [-0.1, -0.05) is 63.1 Å². The number of hydrogen-bond acceptors (Lipinski definition) is 4. The van der Waals surface area contributed by atoms with Crippen molar-refractivity contribution in [1.29, 1.82) is 0 Å². The molecule has 2 aromatic rings. The highest BCUT2D eigenvalue weighted by molar-refractivity contribution is 5.52. The molecule has 0 fully saturated rings. The Hall–Kier alpha value is -2.04. The van der Waals surface area contributed by atoms with Gasteiger partial charge < -0.3 is 20.4 Å². The van der Waals surface area contributed by atoms with Gasteiger partial charge in [-0.3, -0.25) is 0 Å². The first kappa shape index (κ1) is 24.6. The van der Waals surface area contributed by atoms with E-state index in [1.165, 1.54) is 43.2 Å². The predicted octanol–water partition coefficient (Wildman–Crippen LogP) is 5.62. The van der Waals surface area contributed by atoms with Gasteiger partial charge in [-0.05, 0) is 87.8 Å². The van der Waals surface area contributed by atoms with Crippen molar-refractivity contribution in [2.24, 2.45) is 0 Å². The first-order valence-electron chi connectivity index (χ1n) is 12.6. The molecule has 32 heavy (non-hydrogen) atoms. The topological polar surface area (TPSA) is 55.7 Å². The van der Waals surface area contributed by atoms with Gasteiger partial charge in [-0.25, -0.2) is 0 Å². The standard InChI is InChI=1S/C28H42N2O2/c1-3-18-30(25-20-22(2)27-24(21-25)13-14-26(31)28(27)32)19-10-5-4-9-16-29-17-15-23-11-7-6-8-12-23/h6-8,11-14,22,25,29,31-32H,3-5,9-10,15-21H2,1-2H3/t22?,25-/m0/s1. The van der Waals surface area contributed by atoms with E-state index >= 15 is 0 Å². The highest BCUT2D eigenvalue weighted by Gasteiger charge is 2.30. The van der Waals surface area contributed by atoms with E-state index in [-0.39, 0.29) is 17.4 Å². The molecule has 3 rings (SSSR count). The van der Waals surface area contributed by atoms with Crippen LogP contribution in [0, 0.1) is 0 Å². The fourth-order valence-electron chi connectivity index (χ4n) is 5.19. The van der Waals surface area contributed by atoms with Crippen molar-refractivity contribution in [3.63, 3.8) is 0 Å². The molecule has 4 heteroatoms. The normalized spacial score (nSPS) is 18.1. The fourth-order valence-corrected chi connectivity index (χ4v) is 5.19. The quantitative estimate of drug-likeness (QED) is 0.281. The van der Waals surface area contributed by atoms with Crippen LogP contribution in [0.15, 0.2) is 42.5 Å². The highest BCUT2D eigenvalue weighted by Crippen LogP contribution is 2.42.